The molecule has 0 saturated heterocycles. The van der Waals surface area contributed by atoms with Gasteiger partial charge in [0.1, 0.15) is 5.75 Å². The third-order valence-corrected chi connectivity index (χ3v) is 3.37. The lowest BCUT2D eigenvalue weighted by molar-refractivity contribution is -0.143. The Bertz CT molecular complexity index is 616. The van der Waals surface area contributed by atoms with E-state index in [9.17, 15) is 15.0 Å². The Kier molecular flexibility index (Phi) is 4.57. The second kappa shape index (κ2) is 6.39. The molecule has 0 spiro atoms. The summed E-state index contributed by atoms with van der Waals surface area (Å²) in [5.74, 6) is -1.17. The maximum Gasteiger partial charge on any atom is 0.333 e. The zero-order valence-corrected chi connectivity index (χ0v) is 11.5. The molecule has 0 aliphatic carbocycles. The summed E-state index contributed by atoms with van der Waals surface area (Å²) in [5, 5.41) is 23.0. The van der Waals surface area contributed by atoms with Crippen LogP contribution < -0.4 is 11.1 Å². The van der Waals surface area contributed by atoms with Gasteiger partial charge in [0.05, 0.1) is 0 Å². The lowest BCUT2D eigenvalue weighted by atomic mass is 9.82. The van der Waals surface area contributed by atoms with E-state index in [1.165, 1.54) is 6.07 Å². The highest BCUT2D eigenvalue weighted by molar-refractivity contribution is 5.86. The standard InChI is InChI=1S/C16H18N2O3/c17-10-11-18-16(15(20)21,12-6-2-1-3-7-12)13-8-4-5-9-14(13)19/h1-9,18-19H,10-11,17H2,(H,20,21). The van der Waals surface area contributed by atoms with Crippen molar-refractivity contribution in [3.05, 3.63) is 65.7 Å². The minimum Gasteiger partial charge on any atom is -0.508 e. The fourth-order valence-electron chi connectivity index (χ4n) is 2.41. The molecular weight excluding hydrogens is 268 g/mol. The quantitative estimate of drug-likeness (QED) is 0.641. The zero-order chi connectivity index (χ0) is 15.3. The number of para-hydroxylation sites is 1. The summed E-state index contributed by atoms with van der Waals surface area (Å²) < 4.78 is 0. The molecule has 0 heterocycles. The van der Waals surface area contributed by atoms with E-state index in [2.05, 4.69) is 5.32 Å². The summed E-state index contributed by atoms with van der Waals surface area (Å²) >= 11 is 0. The summed E-state index contributed by atoms with van der Waals surface area (Å²) in [4.78, 5) is 12.1. The van der Waals surface area contributed by atoms with Gasteiger partial charge in [-0.2, -0.15) is 0 Å². The van der Waals surface area contributed by atoms with Gasteiger partial charge in [-0.1, -0.05) is 48.5 Å². The van der Waals surface area contributed by atoms with Crippen LogP contribution in [0.5, 0.6) is 5.75 Å². The monoisotopic (exact) mass is 286 g/mol. The van der Waals surface area contributed by atoms with Gasteiger partial charge in [-0.25, -0.2) is 4.79 Å². The van der Waals surface area contributed by atoms with Crippen LogP contribution in [0.15, 0.2) is 54.6 Å². The summed E-state index contributed by atoms with van der Waals surface area (Å²) in [7, 11) is 0. The van der Waals surface area contributed by atoms with Crippen molar-refractivity contribution in [2.24, 2.45) is 5.73 Å². The number of carboxylic acid groups (broad SMARTS) is 1. The first-order chi connectivity index (χ1) is 10.1. The van der Waals surface area contributed by atoms with Crippen LogP contribution in [0.1, 0.15) is 11.1 Å². The zero-order valence-electron chi connectivity index (χ0n) is 11.5. The number of benzene rings is 2. The van der Waals surface area contributed by atoms with E-state index >= 15 is 0 Å². The van der Waals surface area contributed by atoms with Gasteiger partial charge in [0.15, 0.2) is 5.54 Å². The largest absolute Gasteiger partial charge is 0.508 e. The predicted octanol–water partition coefficient (Wildman–Crippen LogP) is 1.27. The first kappa shape index (κ1) is 15.0. The molecule has 0 radical (unpaired) electrons. The highest BCUT2D eigenvalue weighted by Gasteiger charge is 2.43. The van der Waals surface area contributed by atoms with Crippen molar-refractivity contribution < 1.29 is 15.0 Å². The molecule has 21 heavy (non-hydrogen) atoms. The van der Waals surface area contributed by atoms with Gasteiger partial charge in [0.25, 0.3) is 0 Å². The van der Waals surface area contributed by atoms with Crippen molar-refractivity contribution in [1.82, 2.24) is 5.32 Å². The number of aromatic hydroxyl groups is 1. The molecule has 0 amide bonds. The molecule has 0 bridgehead atoms. The van der Waals surface area contributed by atoms with Crippen molar-refractivity contribution in [2.75, 3.05) is 13.1 Å². The fourth-order valence-corrected chi connectivity index (χ4v) is 2.41. The highest BCUT2D eigenvalue weighted by atomic mass is 16.4. The molecule has 1 unspecified atom stereocenters. The van der Waals surface area contributed by atoms with E-state index in [0.717, 1.165) is 0 Å². The number of carbonyl (C=O) groups is 1. The number of nitrogens with one attached hydrogen (secondary N) is 1. The molecular formula is C16H18N2O3. The lowest BCUT2D eigenvalue weighted by Gasteiger charge is -2.32. The third-order valence-electron chi connectivity index (χ3n) is 3.37. The topological polar surface area (TPSA) is 95.6 Å². The smallest absolute Gasteiger partial charge is 0.333 e. The first-order valence-corrected chi connectivity index (χ1v) is 6.65. The van der Waals surface area contributed by atoms with Crippen LogP contribution in [0.25, 0.3) is 0 Å². The Balaban J connectivity index is 2.68. The molecule has 5 nitrogen and oxygen atoms in total. The Morgan fingerprint density at radius 2 is 1.71 bits per heavy atom. The highest BCUT2D eigenvalue weighted by Crippen LogP contribution is 2.35. The third kappa shape index (κ3) is 2.74. The lowest BCUT2D eigenvalue weighted by Crippen LogP contribution is -2.51. The molecule has 1 atom stereocenters. The maximum atomic E-state index is 12.1. The van der Waals surface area contributed by atoms with Crippen LogP contribution in [-0.2, 0) is 10.3 Å². The van der Waals surface area contributed by atoms with Gasteiger partial charge in [0, 0.05) is 18.7 Å². The average Bonchev–Trinajstić information content (AvgIpc) is 2.50. The van der Waals surface area contributed by atoms with Gasteiger partial charge in [-0.05, 0) is 11.6 Å². The van der Waals surface area contributed by atoms with E-state index < -0.39 is 11.5 Å². The van der Waals surface area contributed by atoms with Gasteiger partial charge >= 0.3 is 5.97 Å². The van der Waals surface area contributed by atoms with E-state index in [0.29, 0.717) is 12.1 Å². The normalized spacial score (nSPS) is 13.6. The minimum atomic E-state index is -1.54. The van der Waals surface area contributed by atoms with Crippen LogP contribution in [0.2, 0.25) is 0 Å². The summed E-state index contributed by atoms with van der Waals surface area (Å²) in [5.41, 5.74) is 4.80. The molecule has 0 aliphatic rings. The number of nitrogens with two attached hydrogens (primary N) is 1. The van der Waals surface area contributed by atoms with Gasteiger partial charge in [-0.15, -0.1) is 0 Å². The molecule has 2 aromatic rings. The molecule has 0 fully saturated rings. The molecule has 110 valence electrons. The maximum absolute atomic E-state index is 12.1. The van der Waals surface area contributed by atoms with E-state index in [-0.39, 0.29) is 17.9 Å². The Morgan fingerprint density at radius 3 is 2.29 bits per heavy atom. The van der Waals surface area contributed by atoms with E-state index in [1.54, 1.807) is 42.5 Å². The number of hydrogen-bond acceptors (Lipinski definition) is 4. The van der Waals surface area contributed by atoms with Crippen molar-refractivity contribution in [3.63, 3.8) is 0 Å². The van der Waals surface area contributed by atoms with Gasteiger partial charge in [0.2, 0.25) is 0 Å². The van der Waals surface area contributed by atoms with E-state index in [4.69, 9.17) is 5.73 Å². The SMILES string of the molecule is NCCNC(C(=O)O)(c1ccccc1)c1ccccc1O. The number of phenolic OH excluding ortho intramolecular Hbond substituents is 1. The van der Waals surface area contributed by atoms with Gasteiger partial charge < -0.3 is 15.9 Å². The second-order valence-electron chi connectivity index (χ2n) is 4.65. The molecule has 2 rings (SSSR count). The van der Waals surface area contributed by atoms with Crippen LogP contribution in [0.4, 0.5) is 0 Å². The Hall–Kier alpha value is -2.37. The summed E-state index contributed by atoms with van der Waals surface area (Å²) in [6, 6.07) is 15.2. The molecule has 2 aromatic carbocycles. The van der Waals surface area contributed by atoms with Crippen LogP contribution >= 0.6 is 0 Å². The first-order valence-electron chi connectivity index (χ1n) is 6.65. The minimum absolute atomic E-state index is 0.0757. The predicted molar refractivity (Wildman–Crippen MR) is 80.0 cm³/mol. The molecule has 0 aliphatic heterocycles. The Morgan fingerprint density at radius 1 is 1.10 bits per heavy atom. The van der Waals surface area contributed by atoms with Crippen LogP contribution in [0, 0.1) is 0 Å². The van der Waals surface area contributed by atoms with Crippen molar-refractivity contribution in [2.45, 2.75) is 5.54 Å². The number of phenols is 1. The second-order valence-corrected chi connectivity index (χ2v) is 4.65. The van der Waals surface area contributed by atoms with Crippen molar-refractivity contribution in [1.29, 1.82) is 0 Å². The number of hydrogen-bond donors (Lipinski definition) is 4. The number of carboxylic acids is 1. The van der Waals surface area contributed by atoms with E-state index in [1.807, 2.05) is 6.07 Å². The van der Waals surface area contributed by atoms with Crippen molar-refractivity contribution in [3.8, 4) is 5.75 Å². The molecule has 5 heteroatoms. The average molecular weight is 286 g/mol. The summed E-state index contributed by atoms with van der Waals surface area (Å²) in [6.45, 7) is 0.588. The Labute approximate surface area is 123 Å². The van der Waals surface area contributed by atoms with Crippen LogP contribution in [0.3, 0.4) is 0 Å². The van der Waals surface area contributed by atoms with Crippen molar-refractivity contribution >= 4 is 5.97 Å². The molecule has 0 aromatic heterocycles. The molecule has 0 saturated carbocycles. The summed E-state index contributed by atoms with van der Waals surface area (Å²) in [6.07, 6.45) is 0. The van der Waals surface area contributed by atoms with Crippen LogP contribution in [-0.4, -0.2) is 29.3 Å². The fraction of sp³-hybridized carbons (Fsp3) is 0.188. The number of aliphatic carboxylic acids is 1. The number of rotatable bonds is 6. The molecule has 5 N–H and O–H groups in total. The van der Waals surface area contributed by atoms with Gasteiger partial charge in [-0.3, -0.25) is 5.32 Å².